The van der Waals surface area contributed by atoms with Crippen molar-refractivity contribution in [1.82, 2.24) is 14.9 Å². The number of ether oxygens (including phenoxy) is 2. The first kappa shape index (κ1) is 16.1. The molecule has 1 aromatic heterocycles. The number of benzene rings is 1. The summed E-state index contributed by atoms with van der Waals surface area (Å²) in [7, 11) is 1.48. The zero-order valence-corrected chi connectivity index (χ0v) is 13.1. The number of urea groups is 1. The number of carbonyl (C=O) groups excluding carboxylic acids is 1. The number of morpholine rings is 1. The standard InChI is InChI=1S/C16H17FN4O3/c1-23-13-8-18-10-19-15(13)20-16(22)21-5-6-24-14(9-21)11-3-2-4-12(17)7-11/h2-4,7-8,10,14H,5-6,9H2,1H3,(H,18,19,20,22). The summed E-state index contributed by atoms with van der Waals surface area (Å²) in [4.78, 5) is 21.9. The quantitative estimate of drug-likeness (QED) is 0.933. The fourth-order valence-electron chi connectivity index (χ4n) is 2.48. The number of nitrogens with one attached hydrogen (secondary N) is 1. The molecule has 3 rings (SSSR count). The van der Waals surface area contributed by atoms with Crippen LogP contribution < -0.4 is 10.1 Å². The van der Waals surface area contributed by atoms with Crippen molar-refractivity contribution in [2.75, 3.05) is 32.1 Å². The van der Waals surface area contributed by atoms with Crippen molar-refractivity contribution in [3.05, 3.63) is 48.2 Å². The normalized spacial score (nSPS) is 17.4. The summed E-state index contributed by atoms with van der Waals surface area (Å²) in [5.74, 6) is 0.343. The van der Waals surface area contributed by atoms with Crippen molar-refractivity contribution in [1.29, 1.82) is 0 Å². The van der Waals surface area contributed by atoms with Crippen LogP contribution in [0.25, 0.3) is 0 Å². The third kappa shape index (κ3) is 3.60. The van der Waals surface area contributed by atoms with E-state index in [0.717, 1.165) is 0 Å². The third-order valence-electron chi connectivity index (χ3n) is 3.70. The molecule has 126 valence electrons. The van der Waals surface area contributed by atoms with Gasteiger partial charge < -0.3 is 14.4 Å². The Morgan fingerprint density at radius 2 is 2.38 bits per heavy atom. The zero-order valence-electron chi connectivity index (χ0n) is 13.1. The number of amides is 2. The fraction of sp³-hybridized carbons (Fsp3) is 0.312. The highest BCUT2D eigenvalue weighted by Crippen LogP contribution is 2.24. The molecule has 2 aromatic rings. The topological polar surface area (TPSA) is 76.6 Å². The molecule has 2 heterocycles. The Morgan fingerprint density at radius 1 is 1.50 bits per heavy atom. The third-order valence-corrected chi connectivity index (χ3v) is 3.70. The van der Waals surface area contributed by atoms with Crippen LogP contribution in [0.3, 0.4) is 0 Å². The van der Waals surface area contributed by atoms with Gasteiger partial charge in [0.15, 0.2) is 11.6 Å². The number of rotatable bonds is 3. The van der Waals surface area contributed by atoms with Crippen LogP contribution in [0, 0.1) is 5.82 Å². The molecule has 2 amide bonds. The summed E-state index contributed by atoms with van der Waals surface area (Å²) < 4.78 is 24.1. The first-order chi connectivity index (χ1) is 11.7. The molecule has 0 aliphatic carbocycles. The number of carbonyl (C=O) groups is 1. The van der Waals surface area contributed by atoms with E-state index in [4.69, 9.17) is 9.47 Å². The summed E-state index contributed by atoms with van der Waals surface area (Å²) in [6.07, 6.45) is 2.43. The second-order valence-corrected chi connectivity index (χ2v) is 5.23. The molecule has 1 unspecified atom stereocenters. The summed E-state index contributed by atoms with van der Waals surface area (Å²) in [5, 5.41) is 2.70. The van der Waals surface area contributed by atoms with Gasteiger partial charge in [0.05, 0.1) is 26.5 Å². The van der Waals surface area contributed by atoms with E-state index in [-0.39, 0.29) is 18.0 Å². The molecular formula is C16H17FN4O3. The van der Waals surface area contributed by atoms with Gasteiger partial charge in [0, 0.05) is 6.54 Å². The molecule has 1 aliphatic heterocycles. The smallest absolute Gasteiger partial charge is 0.323 e. The summed E-state index contributed by atoms with van der Waals surface area (Å²) in [6.45, 7) is 1.13. The maximum absolute atomic E-state index is 13.4. The second kappa shape index (κ2) is 7.22. The molecule has 0 bridgehead atoms. The number of halogens is 1. The molecule has 0 spiro atoms. The van der Waals surface area contributed by atoms with Gasteiger partial charge in [-0.25, -0.2) is 19.2 Å². The van der Waals surface area contributed by atoms with Crippen molar-refractivity contribution in [2.24, 2.45) is 0 Å². The van der Waals surface area contributed by atoms with Gasteiger partial charge >= 0.3 is 6.03 Å². The van der Waals surface area contributed by atoms with E-state index in [9.17, 15) is 9.18 Å². The number of nitrogens with zero attached hydrogens (tertiary/aromatic N) is 3. The van der Waals surface area contributed by atoms with E-state index < -0.39 is 0 Å². The van der Waals surface area contributed by atoms with Gasteiger partial charge in [-0.15, -0.1) is 0 Å². The van der Waals surface area contributed by atoms with E-state index in [0.29, 0.717) is 36.8 Å². The van der Waals surface area contributed by atoms with Crippen molar-refractivity contribution in [3.8, 4) is 5.75 Å². The van der Waals surface area contributed by atoms with Gasteiger partial charge in [-0.3, -0.25) is 5.32 Å². The van der Waals surface area contributed by atoms with E-state index in [1.807, 2.05) is 0 Å². The molecule has 1 atom stereocenters. The Labute approximate surface area is 138 Å². The summed E-state index contributed by atoms with van der Waals surface area (Å²) in [6, 6.07) is 5.87. The molecule has 1 fully saturated rings. The molecule has 1 aromatic carbocycles. The molecule has 24 heavy (non-hydrogen) atoms. The molecular weight excluding hydrogens is 315 g/mol. The first-order valence-electron chi connectivity index (χ1n) is 7.44. The van der Waals surface area contributed by atoms with E-state index >= 15 is 0 Å². The summed E-state index contributed by atoms with van der Waals surface area (Å²) >= 11 is 0. The van der Waals surface area contributed by atoms with E-state index in [2.05, 4.69) is 15.3 Å². The fourth-order valence-corrected chi connectivity index (χ4v) is 2.48. The first-order valence-corrected chi connectivity index (χ1v) is 7.44. The van der Waals surface area contributed by atoms with Crippen molar-refractivity contribution >= 4 is 11.8 Å². The van der Waals surface area contributed by atoms with Crippen molar-refractivity contribution in [2.45, 2.75) is 6.10 Å². The average Bonchev–Trinajstić information content (AvgIpc) is 2.62. The predicted octanol–water partition coefficient (Wildman–Crippen LogP) is 2.23. The van der Waals surface area contributed by atoms with Crippen LogP contribution in [0.2, 0.25) is 0 Å². The Kier molecular flexibility index (Phi) is 4.85. The Hall–Kier alpha value is -2.74. The van der Waals surface area contributed by atoms with Crippen molar-refractivity contribution < 1.29 is 18.7 Å². The van der Waals surface area contributed by atoms with Gasteiger partial charge in [-0.05, 0) is 17.7 Å². The lowest BCUT2D eigenvalue weighted by Crippen LogP contribution is -2.44. The second-order valence-electron chi connectivity index (χ2n) is 5.23. The Bertz CT molecular complexity index is 728. The highest BCUT2D eigenvalue weighted by atomic mass is 19.1. The lowest BCUT2D eigenvalue weighted by molar-refractivity contribution is -0.0136. The van der Waals surface area contributed by atoms with Gasteiger partial charge in [0.2, 0.25) is 0 Å². The summed E-state index contributed by atoms with van der Waals surface area (Å²) in [5.41, 5.74) is 0.701. The van der Waals surface area contributed by atoms with Crippen LogP contribution in [0.1, 0.15) is 11.7 Å². The molecule has 1 aliphatic rings. The van der Waals surface area contributed by atoms with Gasteiger partial charge in [0.25, 0.3) is 0 Å². The minimum atomic E-state index is -0.368. The largest absolute Gasteiger partial charge is 0.491 e. The minimum absolute atomic E-state index is 0.297. The highest BCUT2D eigenvalue weighted by molar-refractivity contribution is 5.89. The van der Waals surface area contributed by atoms with Crippen LogP contribution in [0.5, 0.6) is 5.75 Å². The highest BCUT2D eigenvalue weighted by Gasteiger charge is 2.26. The zero-order chi connectivity index (χ0) is 16.9. The maximum atomic E-state index is 13.4. The molecule has 0 saturated carbocycles. The van der Waals surface area contributed by atoms with Crippen LogP contribution in [-0.4, -0.2) is 47.7 Å². The van der Waals surface area contributed by atoms with Crippen LogP contribution in [0.15, 0.2) is 36.8 Å². The maximum Gasteiger partial charge on any atom is 0.323 e. The molecule has 1 saturated heterocycles. The molecule has 7 nitrogen and oxygen atoms in total. The SMILES string of the molecule is COc1cncnc1NC(=O)N1CCOC(c2cccc(F)c2)C1. The predicted molar refractivity (Wildman–Crippen MR) is 84.3 cm³/mol. The number of hydrogen-bond acceptors (Lipinski definition) is 5. The lowest BCUT2D eigenvalue weighted by Gasteiger charge is -2.33. The van der Waals surface area contributed by atoms with E-state index in [1.54, 1.807) is 17.0 Å². The Morgan fingerprint density at radius 3 is 3.17 bits per heavy atom. The van der Waals surface area contributed by atoms with Gasteiger partial charge in [-0.2, -0.15) is 0 Å². The molecule has 0 radical (unpaired) electrons. The van der Waals surface area contributed by atoms with Crippen molar-refractivity contribution in [3.63, 3.8) is 0 Å². The Balaban J connectivity index is 1.69. The van der Waals surface area contributed by atoms with Crippen LogP contribution >= 0.6 is 0 Å². The molecule has 1 N–H and O–H groups in total. The van der Waals surface area contributed by atoms with Crippen LogP contribution in [0.4, 0.5) is 15.0 Å². The van der Waals surface area contributed by atoms with Crippen LogP contribution in [-0.2, 0) is 4.74 Å². The number of anilines is 1. The number of methoxy groups -OCH3 is 1. The minimum Gasteiger partial charge on any atom is -0.491 e. The van der Waals surface area contributed by atoms with Gasteiger partial charge in [0.1, 0.15) is 18.2 Å². The van der Waals surface area contributed by atoms with Gasteiger partial charge in [-0.1, -0.05) is 12.1 Å². The molecule has 8 heteroatoms. The monoisotopic (exact) mass is 332 g/mol. The van der Waals surface area contributed by atoms with E-state index in [1.165, 1.54) is 31.8 Å². The number of hydrogen-bond donors (Lipinski definition) is 1. The number of aromatic nitrogens is 2. The lowest BCUT2D eigenvalue weighted by atomic mass is 10.1. The average molecular weight is 332 g/mol.